The van der Waals surface area contributed by atoms with Crippen LogP contribution in [0.3, 0.4) is 0 Å². The summed E-state index contributed by atoms with van der Waals surface area (Å²) in [5.74, 6) is 1.45. The molecule has 0 spiro atoms. The Bertz CT molecular complexity index is 1520. The monoisotopic (exact) mass is 539 g/mol. The van der Waals surface area contributed by atoms with E-state index in [2.05, 4.69) is 79.2 Å². The van der Waals surface area contributed by atoms with E-state index in [-0.39, 0.29) is 23.9 Å². The molecule has 2 unspecified atom stereocenters. The molecule has 1 aliphatic carbocycles. The van der Waals surface area contributed by atoms with Crippen molar-refractivity contribution in [1.29, 1.82) is 0 Å². The molecule has 3 heterocycles. The zero-order valence-corrected chi connectivity index (χ0v) is 24.8. The van der Waals surface area contributed by atoms with E-state index in [1.807, 2.05) is 32.2 Å². The number of H-pyrrole nitrogens is 1. The third-order valence-corrected chi connectivity index (χ3v) is 8.53. The first-order valence-corrected chi connectivity index (χ1v) is 14.3. The highest BCUT2D eigenvalue weighted by molar-refractivity contribution is 6.02. The number of rotatable bonds is 7. The van der Waals surface area contributed by atoms with Crippen molar-refractivity contribution in [3.8, 4) is 11.1 Å². The van der Waals surface area contributed by atoms with Crippen LogP contribution in [0, 0.1) is 19.8 Å². The molecule has 2 aliphatic rings. The Hall–Kier alpha value is -3.71. The first kappa shape index (κ1) is 27.8. The Labute approximate surface area is 237 Å². The lowest BCUT2D eigenvalue weighted by Gasteiger charge is -2.21. The predicted molar refractivity (Wildman–Crippen MR) is 163 cm³/mol. The van der Waals surface area contributed by atoms with Crippen LogP contribution in [0.1, 0.15) is 71.4 Å². The van der Waals surface area contributed by atoms with Gasteiger partial charge in [-0.15, -0.1) is 0 Å². The number of aromatic amines is 1. The topological polar surface area (TPSA) is 81.3 Å². The molecule has 0 radical (unpaired) electrons. The Morgan fingerprint density at radius 2 is 1.93 bits per heavy atom. The maximum atomic E-state index is 13.7. The van der Waals surface area contributed by atoms with E-state index in [0.29, 0.717) is 23.1 Å². The molecule has 0 bridgehead atoms. The molecule has 210 valence electrons. The van der Waals surface area contributed by atoms with Crippen molar-refractivity contribution in [3.63, 3.8) is 0 Å². The molecule has 1 fully saturated rings. The van der Waals surface area contributed by atoms with Crippen LogP contribution >= 0.6 is 0 Å². The number of hydrogen-bond acceptors (Lipinski definition) is 5. The number of fused-ring (bicyclic) bond motifs is 1. The molecule has 1 aromatic carbocycles. The first-order valence-electron chi connectivity index (χ1n) is 14.3. The summed E-state index contributed by atoms with van der Waals surface area (Å²) in [6.45, 7) is 12.4. The van der Waals surface area contributed by atoms with Crippen molar-refractivity contribution in [3.05, 3.63) is 86.5 Å². The summed E-state index contributed by atoms with van der Waals surface area (Å²) in [5, 5.41) is 3.04. The second kappa shape index (κ2) is 11.0. The van der Waals surface area contributed by atoms with Gasteiger partial charge in [0.05, 0.1) is 0 Å². The van der Waals surface area contributed by atoms with Gasteiger partial charge in [0.2, 0.25) is 0 Å². The van der Waals surface area contributed by atoms with Crippen LogP contribution in [0.2, 0.25) is 0 Å². The highest BCUT2D eigenvalue weighted by Gasteiger charge is 2.30. The van der Waals surface area contributed by atoms with Gasteiger partial charge in [0.15, 0.2) is 0 Å². The minimum atomic E-state index is -0.175. The van der Waals surface area contributed by atoms with Gasteiger partial charge in [-0.25, -0.2) is 4.98 Å². The van der Waals surface area contributed by atoms with E-state index in [9.17, 15) is 9.59 Å². The molecule has 40 heavy (non-hydrogen) atoms. The molecule has 7 nitrogen and oxygen atoms in total. The van der Waals surface area contributed by atoms with Crippen LogP contribution in [0.4, 0.5) is 5.82 Å². The summed E-state index contributed by atoms with van der Waals surface area (Å²) < 4.78 is 0. The molecule has 1 amide bonds. The lowest BCUT2D eigenvalue weighted by atomic mass is 9.86. The maximum absolute atomic E-state index is 13.7. The number of nitrogens with one attached hydrogen (secondary N) is 2. The van der Waals surface area contributed by atoms with Crippen molar-refractivity contribution >= 4 is 17.3 Å². The summed E-state index contributed by atoms with van der Waals surface area (Å²) in [5.41, 5.74) is 8.02. The van der Waals surface area contributed by atoms with Gasteiger partial charge in [0, 0.05) is 60.2 Å². The van der Waals surface area contributed by atoms with Crippen LogP contribution in [0.15, 0.2) is 47.4 Å². The summed E-state index contributed by atoms with van der Waals surface area (Å²) in [7, 11) is 4.26. The number of aryl methyl sites for hydroxylation is 2. The Morgan fingerprint density at radius 3 is 2.55 bits per heavy atom. The number of pyridine rings is 2. The molecule has 1 aliphatic heterocycles. The molecular formula is C33H41N5O2. The number of benzene rings is 1. The van der Waals surface area contributed by atoms with Crippen LogP contribution < -0.4 is 15.8 Å². The first-order chi connectivity index (χ1) is 19.0. The number of amides is 1. The number of likely N-dealkylation sites (N-methyl/N-ethyl adjacent to an activating group) is 1. The van der Waals surface area contributed by atoms with Gasteiger partial charge in [-0.2, -0.15) is 0 Å². The molecule has 2 atom stereocenters. The van der Waals surface area contributed by atoms with E-state index in [1.165, 1.54) is 5.56 Å². The summed E-state index contributed by atoms with van der Waals surface area (Å²) in [6.07, 6.45) is 5.34. The minimum absolute atomic E-state index is 0.159. The van der Waals surface area contributed by atoms with Crippen LogP contribution in [-0.2, 0) is 6.54 Å². The summed E-state index contributed by atoms with van der Waals surface area (Å²) in [6, 6.07) is 10.9. The third-order valence-electron chi connectivity index (χ3n) is 8.53. The third kappa shape index (κ3) is 5.35. The van der Waals surface area contributed by atoms with E-state index in [0.717, 1.165) is 58.8 Å². The number of nitrogens with zero attached hydrogens (tertiary/aromatic N) is 3. The van der Waals surface area contributed by atoms with Gasteiger partial charge in [0.25, 0.3) is 11.5 Å². The van der Waals surface area contributed by atoms with Crippen molar-refractivity contribution in [2.24, 2.45) is 5.92 Å². The van der Waals surface area contributed by atoms with Crippen molar-refractivity contribution in [2.45, 2.75) is 59.5 Å². The minimum Gasteiger partial charge on any atom is -0.355 e. The fraction of sp³-hybridized carbons (Fsp3) is 0.424. The van der Waals surface area contributed by atoms with E-state index in [1.54, 1.807) is 0 Å². The zero-order chi connectivity index (χ0) is 28.7. The second-order valence-corrected chi connectivity index (χ2v) is 12.0. The normalized spacial score (nSPS) is 18.4. The Kier molecular flexibility index (Phi) is 7.69. The van der Waals surface area contributed by atoms with Crippen LogP contribution in [0.25, 0.3) is 16.7 Å². The van der Waals surface area contributed by atoms with Crippen LogP contribution in [-0.4, -0.2) is 54.0 Å². The number of hydrogen-bond donors (Lipinski definition) is 2. The summed E-state index contributed by atoms with van der Waals surface area (Å²) in [4.78, 5) is 38.6. The molecule has 5 rings (SSSR count). The Morgan fingerprint density at radius 1 is 1.15 bits per heavy atom. The van der Waals surface area contributed by atoms with Gasteiger partial charge < -0.3 is 20.1 Å². The fourth-order valence-electron chi connectivity index (χ4n) is 6.19. The van der Waals surface area contributed by atoms with Gasteiger partial charge in [-0.3, -0.25) is 9.59 Å². The van der Waals surface area contributed by atoms with E-state index >= 15 is 0 Å². The molecule has 2 N–H and O–H groups in total. The lowest BCUT2D eigenvalue weighted by molar-refractivity contribution is 0.0950. The zero-order valence-electron chi connectivity index (χ0n) is 24.8. The fourth-order valence-corrected chi connectivity index (χ4v) is 6.19. The number of anilines is 1. The number of carbonyl (C=O) groups is 1. The highest BCUT2D eigenvalue weighted by Crippen LogP contribution is 2.43. The number of aromatic nitrogens is 2. The van der Waals surface area contributed by atoms with Crippen LogP contribution in [0.5, 0.6) is 0 Å². The van der Waals surface area contributed by atoms with Crippen molar-refractivity contribution in [1.82, 2.24) is 20.2 Å². The Balaban J connectivity index is 1.47. The molecule has 7 heteroatoms. The lowest BCUT2D eigenvalue weighted by Crippen LogP contribution is -2.31. The van der Waals surface area contributed by atoms with Crippen molar-refractivity contribution < 1.29 is 4.79 Å². The smallest absolute Gasteiger partial charge is 0.253 e. The standard InChI is InChI=1S/C33H41N5O2/c1-19(2)26-13-21(4)31-27(26)14-24(23-8-9-30(34-16-23)38-11-10-25(18-38)37(6)7)15-28(31)32(39)35-17-29-20(3)12-22(5)36-33(29)40/h8-9,12-16,19,25-26H,10-11,17-18H2,1-7H3,(H,35,39)(H,36,40). The molecular weight excluding hydrogens is 498 g/mol. The van der Waals surface area contributed by atoms with Gasteiger partial charge in [-0.05, 0) is 105 Å². The molecule has 2 aromatic heterocycles. The van der Waals surface area contributed by atoms with E-state index < -0.39 is 0 Å². The molecule has 3 aromatic rings. The SMILES string of the molecule is CC1=CC(C(C)C)c2cc(-c3ccc(N4CCC(N(C)C)C4)nc3)cc(C(=O)NCc3c(C)cc(C)[nH]c3=O)c21. The van der Waals surface area contributed by atoms with Gasteiger partial charge in [0.1, 0.15) is 5.82 Å². The molecule has 1 saturated heterocycles. The average molecular weight is 540 g/mol. The summed E-state index contributed by atoms with van der Waals surface area (Å²) >= 11 is 0. The molecule has 0 saturated carbocycles. The van der Waals surface area contributed by atoms with Crippen molar-refractivity contribution in [2.75, 3.05) is 32.1 Å². The number of allylic oxidation sites excluding steroid dienone is 2. The predicted octanol–water partition coefficient (Wildman–Crippen LogP) is 5.28. The average Bonchev–Trinajstić information content (AvgIpc) is 3.53. The number of carbonyl (C=O) groups excluding carboxylic acids is 1. The quantitative estimate of drug-likeness (QED) is 0.427. The largest absolute Gasteiger partial charge is 0.355 e. The highest BCUT2D eigenvalue weighted by atomic mass is 16.1. The van der Waals surface area contributed by atoms with Gasteiger partial charge in [-0.1, -0.05) is 19.9 Å². The maximum Gasteiger partial charge on any atom is 0.253 e. The van der Waals surface area contributed by atoms with Gasteiger partial charge >= 0.3 is 0 Å². The van der Waals surface area contributed by atoms with E-state index in [4.69, 9.17) is 4.98 Å². The second-order valence-electron chi connectivity index (χ2n) is 12.0.